The number of carboxylic acids is 1. The molecule has 1 heterocycles. The Morgan fingerprint density at radius 1 is 1.43 bits per heavy atom. The van der Waals surface area contributed by atoms with E-state index in [2.05, 4.69) is 47.4 Å². The number of benzene rings is 1. The molecule has 0 aliphatic heterocycles. The average molecular weight is 418 g/mol. The van der Waals surface area contributed by atoms with E-state index in [1.54, 1.807) is 4.68 Å². The molecule has 6 nitrogen and oxygen atoms in total. The van der Waals surface area contributed by atoms with Gasteiger partial charge in [0, 0.05) is 27.5 Å². The lowest BCUT2D eigenvalue weighted by Crippen LogP contribution is -2.16. The molecule has 0 saturated carbocycles. The molecule has 1 unspecified atom stereocenters. The number of nitrogens with zero attached hydrogens (tertiary/aromatic N) is 4. The first-order chi connectivity index (χ1) is 10.0. The number of carboxylic acid groups (broad SMARTS) is 1. The highest BCUT2D eigenvalue weighted by Gasteiger charge is 2.18. The van der Waals surface area contributed by atoms with E-state index in [1.165, 1.54) is 0 Å². The Kier molecular flexibility index (Phi) is 5.46. The lowest BCUT2D eigenvalue weighted by atomic mass is 10.0. The van der Waals surface area contributed by atoms with Gasteiger partial charge in [0.25, 0.3) is 0 Å². The van der Waals surface area contributed by atoms with Crippen molar-refractivity contribution >= 4 is 37.8 Å². The van der Waals surface area contributed by atoms with Crippen LogP contribution in [0, 0.1) is 5.92 Å². The maximum absolute atomic E-state index is 10.9. The second kappa shape index (κ2) is 7.13. The summed E-state index contributed by atoms with van der Waals surface area (Å²) in [5.41, 5.74) is 0.861. The summed E-state index contributed by atoms with van der Waals surface area (Å²) in [6.07, 6.45) is 0.862. The molecule has 0 amide bonds. The van der Waals surface area contributed by atoms with Crippen molar-refractivity contribution < 1.29 is 9.90 Å². The van der Waals surface area contributed by atoms with Crippen molar-refractivity contribution in [2.24, 2.45) is 5.92 Å². The van der Waals surface area contributed by atoms with Gasteiger partial charge in [-0.3, -0.25) is 4.79 Å². The largest absolute Gasteiger partial charge is 0.481 e. The molecule has 2 aromatic rings. The summed E-state index contributed by atoms with van der Waals surface area (Å²) in [5.74, 6) is -0.192. The second-order valence-corrected chi connectivity index (χ2v) is 6.45. The summed E-state index contributed by atoms with van der Waals surface area (Å²) >= 11 is 6.91. The number of halogens is 2. The number of tetrazole rings is 1. The van der Waals surface area contributed by atoms with E-state index >= 15 is 0 Å². The van der Waals surface area contributed by atoms with Gasteiger partial charge in [0.15, 0.2) is 5.82 Å². The fraction of sp³-hybridized carbons (Fsp3) is 0.385. The van der Waals surface area contributed by atoms with Gasteiger partial charge >= 0.3 is 5.97 Å². The van der Waals surface area contributed by atoms with Crippen LogP contribution in [0.15, 0.2) is 27.1 Å². The smallest absolute Gasteiger partial charge is 0.303 e. The first kappa shape index (κ1) is 16.1. The molecule has 0 fully saturated rings. The van der Waals surface area contributed by atoms with Gasteiger partial charge < -0.3 is 5.11 Å². The molecule has 1 N–H and O–H groups in total. The van der Waals surface area contributed by atoms with Crippen LogP contribution in [-0.2, 0) is 11.3 Å². The Bertz CT molecular complexity index is 645. The predicted molar refractivity (Wildman–Crippen MR) is 84.7 cm³/mol. The fourth-order valence-corrected chi connectivity index (χ4v) is 2.80. The molecule has 0 spiro atoms. The van der Waals surface area contributed by atoms with Crippen molar-refractivity contribution in [3.05, 3.63) is 27.1 Å². The van der Waals surface area contributed by atoms with E-state index in [1.807, 2.05) is 25.1 Å². The SMILES string of the molecule is CCC(CC(=O)O)Cn1nnnc1-c1cc(Br)ccc1Br. The van der Waals surface area contributed by atoms with Gasteiger partial charge in [0.05, 0.1) is 0 Å². The first-order valence-electron chi connectivity index (χ1n) is 6.44. The van der Waals surface area contributed by atoms with Crippen molar-refractivity contribution in [3.8, 4) is 11.4 Å². The minimum Gasteiger partial charge on any atom is -0.481 e. The van der Waals surface area contributed by atoms with Gasteiger partial charge in [-0.15, -0.1) is 5.10 Å². The van der Waals surface area contributed by atoms with Crippen LogP contribution >= 0.6 is 31.9 Å². The maximum Gasteiger partial charge on any atom is 0.303 e. The van der Waals surface area contributed by atoms with Gasteiger partial charge in [-0.1, -0.05) is 45.2 Å². The number of rotatable bonds is 6. The Balaban J connectivity index is 2.30. The molecule has 0 aliphatic rings. The molecule has 2 rings (SSSR count). The molecule has 21 heavy (non-hydrogen) atoms. The average Bonchev–Trinajstić information content (AvgIpc) is 2.88. The summed E-state index contributed by atoms with van der Waals surface area (Å²) in [5, 5.41) is 20.7. The minimum atomic E-state index is -0.805. The maximum atomic E-state index is 10.9. The van der Waals surface area contributed by atoms with Crippen LogP contribution in [0.5, 0.6) is 0 Å². The van der Waals surface area contributed by atoms with Gasteiger partial charge in [-0.25, -0.2) is 4.68 Å². The van der Waals surface area contributed by atoms with Crippen LogP contribution in [0.3, 0.4) is 0 Å². The van der Waals surface area contributed by atoms with Crippen molar-refractivity contribution in [3.63, 3.8) is 0 Å². The fourth-order valence-electron chi connectivity index (χ4n) is 2.02. The zero-order valence-electron chi connectivity index (χ0n) is 11.3. The quantitative estimate of drug-likeness (QED) is 0.779. The lowest BCUT2D eigenvalue weighted by Gasteiger charge is -2.13. The van der Waals surface area contributed by atoms with Crippen molar-refractivity contribution in [2.75, 3.05) is 0 Å². The molecular weight excluding hydrogens is 404 g/mol. The number of hydrogen-bond donors (Lipinski definition) is 1. The van der Waals surface area contributed by atoms with Gasteiger partial charge in [-0.2, -0.15) is 0 Å². The zero-order valence-corrected chi connectivity index (χ0v) is 14.5. The summed E-state index contributed by atoms with van der Waals surface area (Å²) in [6.45, 7) is 2.44. The minimum absolute atomic E-state index is 0.00400. The highest BCUT2D eigenvalue weighted by molar-refractivity contribution is 9.11. The van der Waals surface area contributed by atoms with E-state index in [0.717, 1.165) is 20.9 Å². The predicted octanol–water partition coefficient (Wildman–Crippen LogP) is 3.37. The summed E-state index contributed by atoms with van der Waals surface area (Å²) in [7, 11) is 0. The normalized spacial score (nSPS) is 12.3. The number of hydrogen-bond acceptors (Lipinski definition) is 4. The zero-order chi connectivity index (χ0) is 15.4. The molecule has 1 aromatic heterocycles. The van der Waals surface area contributed by atoms with E-state index in [4.69, 9.17) is 5.11 Å². The molecular formula is C13H14Br2N4O2. The second-order valence-electron chi connectivity index (χ2n) is 4.68. The third-order valence-electron chi connectivity index (χ3n) is 3.17. The van der Waals surface area contributed by atoms with Gasteiger partial charge in [-0.05, 0) is 34.5 Å². The molecule has 8 heteroatoms. The Morgan fingerprint density at radius 2 is 2.19 bits per heavy atom. The van der Waals surface area contributed by atoms with Crippen molar-refractivity contribution in [1.82, 2.24) is 20.2 Å². The van der Waals surface area contributed by atoms with Crippen LogP contribution in [0.4, 0.5) is 0 Å². The number of aromatic nitrogens is 4. The Hall–Kier alpha value is -1.28. The van der Waals surface area contributed by atoms with Crippen LogP contribution in [0.25, 0.3) is 11.4 Å². The molecule has 1 aromatic carbocycles. The molecule has 1 atom stereocenters. The van der Waals surface area contributed by atoms with Crippen LogP contribution < -0.4 is 0 Å². The Labute approximate surface area is 138 Å². The number of aliphatic carboxylic acids is 1. The van der Waals surface area contributed by atoms with E-state index in [9.17, 15) is 4.79 Å². The Morgan fingerprint density at radius 3 is 2.86 bits per heavy atom. The molecule has 0 bridgehead atoms. The highest BCUT2D eigenvalue weighted by atomic mass is 79.9. The number of carbonyl (C=O) groups is 1. The summed E-state index contributed by atoms with van der Waals surface area (Å²) in [4.78, 5) is 10.9. The van der Waals surface area contributed by atoms with Crippen LogP contribution in [0.2, 0.25) is 0 Å². The monoisotopic (exact) mass is 416 g/mol. The van der Waals surface area contributed by atoms with E-state index < -0.39 is 5.97 Å². The molecule has 0 saturated heterocycles. The topological polar surface area (TPSA) is 80.9 Å². The van der Waals surface area contributed by atoms with Gasteiger partial charge in [0.1, 0.15) is 0 Å². The standard InChI is InChI=1S/C13H14Br2N4O2/c1-2-8(5-12(20)21)7-19-13(16-17-18-19)10-6-9(14)3-4-11(10)15/h3-4,6,8H,2,5,7H2,1H3,(H,20,21). The first-order valence-corrected chi connectivity index (χ1v) is 8.03. The van der Waals surface area contributed by atoms with Crippen molar-refractivity contribution in [2.45, 2.75) is 26.3 Å². The third-order valence-corrected chi connectivity index (χ3v) is 4.36. The van der Waals surface area contributed by atoms with E-state index in [-0.39, 0.29) is 12.3 Å². The molecule has 0 aliphatic carbocycles. The van der Waals surface area contributed by atoms with Crippen molar-refractivity contribution in [1.29, 1.82) is 0 Å². The van der Waals surface area contributed by atoms with Gasteiger partial charge in [0.2, 0.25) is 0 Å². The van der Waals surface area contributed by atoms with Crippen LogP contribution in [0.1, 0.15) is 19.8 Å². The summed E-state index contributed by atoms with van der Waals surface area (Å²) < 4.78 is 3.46. The molecule has 112 valence electrons. The lowest BCUT2D eigenvalue weighted by molar-refractivity contribution is -0.138. The highest BCUT2D eigenvalue weighted by Crippen LogP contribution is 2.29. The third kappa shape index (κ3) is 4.10. The van der Waals surface area contributed by atoms with E-state index in [0.29, 0.717) is 12.4 Å². The summed E-state index contributed by atoms with van der Waals surface area (Å²) in [6, 6.07) is 5.75. The molecule has 0 radical (unpaired) electrons. The van der Waals surface area contributed by atoms with Crippen LogP contribution in [-0.4, -0.2) is 31.3 Å².